The number of allylic oxidation sites excluding steroid dienone is 4. The second-order valence-corrected chi connectivity index (χ2v) is 8.88. The van der Waals surface area contributed by atoms with Gasteiger partial charge in [0.25, 0.3) is 0 Å². The van der Waals surface area contributed by atoms with Crippen molar-refractivity contribution in [1.29, 1.82) is 0 Å². The summed E-state index contributed by atoms with van der Waals surface area (Å²) >= 11 is -2.61. The summed E-state index contributed by atoms with van der Waals surface area (Å²) in [5.74, 6) is 0.452. The fourth-order valence-corrected chi connectivity index (χ4v) is 6.99. The number of hydrogen-bond acceptors (Lipinski definition) is 5. The van der Waals surface area contributed by atoms with Gasteiger partial charge in [0.2, 0.25) is 0 Å². The number of hydrogen-bond donors (Lipinski definition) is 0. The smallest absolute Gasteiger partial charge is 0.153 e. The summed E-state index contributed by atoms with van der Waals surface area (Å²) in [5.41, 5.74) is 6.14. The van der Waals surface area contributed by atoms with Crippen LogP contribution in [0.2, 0.25) is 4.22 Å². The molecule has 0 aromatic rings. The van der Waals surface area contributed by atoms with Crippen LogP contribution in [0.3, 0.4) is 0 Å². The van der Waals surface area contributed by atoms with Crippen molar-refractivity contribution in [2.45, 2.75) is 56.1 Å². The van der Waals surface area contributed by atoms with Gasteiger partial charge in [-0.1, -0.05) is 0 Å². The van der Waals surface area contributed by atoms with E-state index >= 15 is 0 Å². The molecule has 0 fully saturated rings. The summed E-state index contributed by atoms with van der Waals surface area (Å²) in [5, 5.41) is 8.25. The zero-order valence-corrected chi connectivity index (χ0v) is 15.4. The molecule has 2 atom stereocenters. The zero-order valence-electron chi connectivity index (χ0n) is 13.8. The van der Waals surface area contributed by atoms with Gasteiger partial charge in [0.1, 0.15) is 0 Å². The molecule has 3 aliphatic carbocycles. The van der Waals surface area contributed by atoms with Crippen LogP contribution in [0.15, 0.2) is 22.3 Å². The Hall–Kier alpha value is -0.906. The molecule has 2 unspecified atom stereocenters. The summed E-state index contributed by atoms with van der Waals surface area (Å²) < 4.78 is 10.6. The Bertz CT molecular complexity index is 501. The third kappa shape index (κ3) is 3.62. The van der Waals surface area contributed by atoms with Gasteiger partial charge in [-0.2, -0.15) is 7.11 Å². The van der Waals surface area contributed by atoms with E-state index in [0.717, 1.165) is 26.4 Å². The maximum absolute atomic E-state index is 10.8. The van der Waals surface area contributed by atoms with Gasteiger partial charge in [-0.15, -0.1) is 0 Å². The Labute approximate surface area is 144 Å². The van der Waals surface area contributed by atoms with Crippen molar-refractivity contribution in [2.24, 2.45) is 5.92 Å². The molecule has 0 aliphatic heterocycles. The normalized spacial score (nSPS) is 25.7. The molecule has 3 aliphatic rings. The Kier molecular flexibility index (Phi) is 7.06. The second kappa shape index (κ2) is 8.81. The van der Waals surface area contributed by atoms with Gasteiger partial charge in [-0.25, -0.2) is 0 Å². The van der Waals surface area contributed by atoms with E-state index in [1.54, 1.807) is 11.1 Å². The quantitative estimate of drug-likeness (QED) is 0.559. The van der Waals surface area contributed by atoms with Crippen LogP contribution in [0, 0.1) is 5.92 Å². The molecule has 0 radical (unpaired) electrons. The van der Waals surface area contributed by atoms with Gasteiger partial charge in [-0.05, 0) is 0 Å². The Morgan fingerprint density at radius 3 is 2.26 bits per heavy atom. The molecule has 0 saturated carbocycles. The van der Waals surface area contributed by atoms with E-state index in [9.17, 15) is 9.59 Å². The minimum atomic E-state index is -2.61. The van der Waals surface area contributed by atoms with Gasteiger partial charge < -0.3 is 5.11 Å². The average molecular weight is 356 g/mol. The summed E-state index contributed by atoms with van der Waals surface area (Å²) in [6, 6.07) is 0. The Balaban J connectivity index is 0.000000924. The van der Waals surface area contributed by atoms with Crippen LogP contribution in [0.4, 0.5) is 0 Å². The van der Waals surface area contributed by atoms with Crippen LogP contribution in [0.5, 0.6) is 0 Å². The van der Waals surface area contributed by atoms with E-state index in [0.29, 0.717) is 18.9 Å². The van der Waals surface area contributed by atoms with Crippen molar-refractivity contribution in [3.63, 3.8) is 0 Å². The topological polar surface area (TPSA) is 75.7 Å². The third-order valence-corrected chi connectivity index (χ3v) is 7.97. The van der Waals surface area contributed by atoms with Gasteiger partial charge in [0.05, 0.1) is 0 Å². The molecule has 0 spiro atoms. The van der Waals surface area contributed by atoms with Crippen molar-refractivity contribution in [3.05, 3.63) is 22.3 Å². The molecule has 0 aromatic carbocycles. The first-order valence-electron chi connectivity index (χ1n) is 8.21. The second-order valence-electron chi connectivity index (χ2n) is 6.06. The monoisotopic (exact) mass is 356 g/mol. The molecule has 0 heterocycles. The van der Waals surface area contributed by atoms with Crippen LogP contribution in [0.1, 0.15) is 51.9 Å². The van der Waals surface area contributed by atoms with Crippen LogP contribution < -0.4 is 5.11 Å². The third-order valence-electron chi connectivity index (χ3n) is 5.12. The predicted octanol–water partition coefficient (Wildman–Crippen LogP) is 2.55. The van der Waals surface area contributed by atoms with Gasteiger partial charge in [0, 0.05) is 0 Å². The maximum atomic E-state index is 10.8. The Morgan fingerprint density at radius 1 is 1.00 bits per heavy atom. The zero-order chi connectivity index (χ0) is 16.8. The van der Waals surface area contributed by atoms with E-state index in [2.05, 4.69) is 6.92 Å². The molecule has 0 amide bonds. The van der Waals surface area contributed by atoms with Gasteiger partial charge >= 0.3 is 132 Å². The van der Waals surface area contributed by atoms with E-state index in [1.807, 2.05) is 0 Å². The molecule has 6 heteroatoms. The molecule has 5 nitrogen and oxygen atoms in total. The van der Waals surface area contributed by atoms with Crippen molar-refractivity contribution in [1.82, 2.24) is 0 Å². The Morgan fingerprint density at radius 2 is 1.61 bits per heavy atom. The van der Waals surface area contributed by atoms with Crippen molar-refractivity contribution >= 4 is 12.9 Å². The van der Waals surface area contributed by atoms with Crippen molar-refractivity contribution < 1.29 is 40.0 Å². The van der Waals surface area contributed by atoms with Crippen molar-refractivity contribution in [2.75, 3.05) is 7.11 Å². The summed E-state index contributed by atoms with van der Waals surface area (Å²) in [6.07, 6.45) is 8.20. The molecule has 23 heavy (non-hydrogen) atoms. The fraction of sp³-hybridized carbons (Fsp3) is 0.647. The number of carbonyl (C=O) groups excluding carboxylic acids is 2. The molecule has 0 N–H and O–H groups in total. The summed E-state index contributed by atoms with van der Waals surface area (Å²) in [6.45, 7) is 3.19. The van der Waals surface area contributed by atoms with Crippen LogP contribution >= 0.6 is 0 Å². The van der Waals surface area contributed by atoms with E-state index in [1.165, 1.54) is 36.8 Å². The van der Waals surface area contributed by atoms with Crippen LogP contribution in [-0.4, -0.2) is 20.1 Å². The molecular formula is C17H24O5Ti. The minimum absolute atomic E-state index is 0.185. The summed E-state index contributed by atoms with van der Waals surface area (Å²) in [7, 11) is 0.750. The molecular weight excluding hydrogens is 332 g/mol. The SMILES string of the molecule is CC1C2=C(CCCC2)C2=C1[CH]([Ti+]([O]C=O)[O]C=O)CCC2.C[O-]. The largest absolute Gasteiger partial charge is 0.857 e. The average Bonchev–Trinajstić information content (AvgIpc) is 2.90. The molecule has 0 aromatic heterocycles. The van der Waals surface area contributed by atoms with E-state index in [-0.39, 0.29) is 4.22 Å². The molecule has 3 rings (SSSR count). The number of rotatable bonds is 5. The fourth-order valence-electron chi connectivity index (χ4n) is 4.35. The molecule has 0 saturated heterocycles. The van der Waals surface area contributed by atoms with E-state index < -0.39 is 18.6 Å². The standard InChI is InChI=1S/C14H19.2CH2O2.CH3O.Ti/c1-10-11-6-2-4-8-13(11)14-9-5-3-7-12(10)14;2*2-1-3;1-2;/h6,10H,2-5,7-9H2,1H3;2*1H,(H,2,3);1H3;/q;;;-1;+3/p-2. The first-order valence-corrected chi connectivity index (χ1v) is 10.4. The number of carbonyl (C=O) groups is 2. The number of fused-ring (bicyclic) bond motifs is 1. The van der Waals surface area contributed by atoms with Crippen LogP contribution in [0.25, 0.3) is 0 Å². The molecule has 126 valence electrons. The first-order chi connectivity index (χ1) is 11.3. The predicted molar refractivity (Wildman–Crippen MR) is 79.5 cm³/mol. The van der Waals surface area contributed by atoms with Crippen molar-refractivity contribution in [3.8, 4) is 0 Å². The van der Waals surface area contributed by atoms with Crippen LogP contribution in [-0.2, 0) is 34.9 Å². The minimum Gasteiger partial charge on any atom is -0.857 e. The van der Waals surface area contributed by atoms with Gasteiger partial charge in [-0.3, -0.25) is 0 Å². The van der Waals surface area contributed by atoms with Gasteiger partial charge in [0.15, 0.2) is 0 Å². The van der Waals surface area contributed by atoms with E-state index in [4.69, 9.17) is 11.7 Å². The first kappa shape index (κ1) is 18.4. The summed E-state index contributed by atoms with van der Waals surface area (Å²) in [4.78, 5) is 21.5. The molecule has 0 bridgehead atoms. The maximum Gasteiger partial charge on any atom is -0.153 e.